The second-order valence-corrected chi connectivity index (χ2v) is 4.75. The summed E-state index contributed by atoms with van der Waals surface area (Å²) >= 11 is 1.02. The number of carboxylic acid groups (broad SMARTS) is 1. The van der Waals surface area contributed by atoms with Gasteiger partial charge in [-0.05, 0) is 36.9 Å². The number of nitro groups is 1. The van der Waals surface area contributed by atoms with Crippen LogP contribution < -0.4 is 0 Å². The monoisotopic (exact) mass is 279 g/mol. The number of carboxylic acids is 1. The summed E-state index contributed by atoms with van der Waals surface area (Å²) in [5.41, 5.74) is 0.542. The summed E-state index contributed by atoms with van der Waals surface area (Å²) in [5.74, 6) is -1.37. The lowest BCUT2D eigenvalue weighted by molar-refractivity contribution is -0.388. The average molecular weight is 279 g/mol. The van der Waals surface area contributed by atoms with Crippen LogP contribution in [0.3, 0.4) is 0 Å². The Bertz CT molecular complexity index is 649. The van der Waals surface area contributed by atoms with Gasteiger partial charge in [0.05, 0.1) is 9.82 Å². The van der Waals surface area contributed by atoms with Gasteiger partial charge in [-0.2, -0.15) is 0 Å². The molecule has 0 unspecified atom stereocenters. The largest absolute Gasteiger partial charge is 0.475 e. The molecule has 0 saturated carbocycles. The van der Waals surface area contributed by atoms with Crippen LogP contribution in [0.4, 0.5) is 5.69 Å². The molecule has 0 radical (unpaired) electrons. The van der Waals surface area contributed by atoms with Crippen molar-refractivity contribution in [2.45, 2.75) is 16.9 Å². The summed E-state index contributed by atoms with van der Waals surface area (Å²) in [4.78, 5) is 21.7. The molecule has 7 heteroatoms. The molecule has 0 fully saturated rings. The molecule has 0 spiro atoms. The van der Waals surface area contributed by atoms with Gasteiger partial charge in [0.2, 0.25) is 5.76 Å². The predicted octanol–water partition coefficient (Wildman–Crippen LogP) is 3.35. The van der Waals surface area contributed by atoms with Crippen molar-refractivity contribution in [3.8, 4) is 0 Å². The minimum atomic E-state index is -1.18. The van der Waals surface area contributed by atoms with E-state index in [4.69, 9.17) is 9.52 Å². The molecule has 1 heterocycles. The molecule has 2 aromatic rings. The molecule has 0 bridgehead atoms. The Labute approximate surface area is 112 Å². The summed E-state index contributed by atoms with van der Waals surface area (Å²) in [5, 5.41) is 20.1. The molecule has 0 amide bonds. The highest BCUT2D eigenvalue weighted by atomic mass is 32.2. The lowest BCUT2D eigenvalue weighted by atomic mass is 10.2. The Kier molecular flexibility index (Phi) is 3.57. The lowest BCUT2D eigenvalue weighted by Crippen LogP contribution is -1.93. The van der Waals surface area contributed by atoms with Crippen LogP contribution in [0, 0.1) is 17.0 Å². The number of hydrogen-bond acceptors (Lipinski definition) is 5. The standard InChI is InChI=1S/C12H9NO5S/c1-7-3-2-4-9(11(7)13(16)17)19-10-6-5-8(18-10)12(14)15/h2-6H,1H3,(H,14,15). The van der Waals surface area contributed by atoms with Gasteiger partial charge in [-0.1, -0.05) is 12.1 Å². The van der Waals surface area contributed by atoms with Gasteiger partial charge >= 0.3 is 5.97 Å². The molecule has 0 saturated heterocycles. The zero-order valence-electron chi connectivity index (χ0n) is 9.82. The van der Waals surface area contributed by atoms with Crippen molar-refractivity contribution in [2.75, 3.05) is 0 Å². The van der Waals surface area contributed by atoms with Crippen LogP contribution in [0.5, 0.6) is 0 Å². The summed E-state index contributed by atoms with van der Waals surface area (Å²) in [6, 6.07) is 7.73. The quantitative estimate of drug-likeness (QED) is 0.681. The van der Waals surface area contributed by atoms with Crippen molar-refractivity contribution in [3.05, 3.63) is 51.8 Å². The number of nitro benzene ring substituents is 1. The fourth-order valence-electron chi connectivity index (χ4n) is 1.55. The van der Waals surface area contributed by atoms with Gasteiger partial charge in [-0.3, -0.25) is 10.1 Å². The van der Waals surface area contributed by atoms with Crippen LogP contribution in [0.25, 0.3) is 0 Å². The minimum absolute atomic E-state index is 0.000718. The third-order valence-corrected chi connectivity index (χ3v) is 3.36. The molecular formula is C12H9NO5S. The van der Waals surface area contributed by atoms with Crippen molar-refractivity contribution in [1.82, 2.24) is 0 Å². The highest BCUT2D eigenvalue weighted by Crippen LogP contribution is 2.37. The predicted molar refractivity (Wildman–Crippen MR) is 67.6 cm³/mol. The van der Waals surface area contributed by atoms with E-state index in [1.807, 2.05) is 0 Å². The Hall–Kier alpha value is -2.28. The lowest BCUT2D eigenvalue weighted by Gasteiger charge is -2.02. The first-order chi connectivity index (χ1) is 8.99. The summed E-state index contributed by atoms with van der Waals surface area (Å²) in [6.07, 6.45) is 0. The SMILES string of the molecule is Cc1cccc(Sc2ccc(C(=O)O)o2)c1[N+](=O)[O-]. The summed E-state index contributed by atoms with van der Waals surface area (Å²) in [7, 11) is 0. The average Bonchev–Trinajstić information content (AvgIpc) is 2.77. The van der Waals surface area contributed by atoms with E-state index in [0.717, 1.165) is 11.8 Å². The molecule has 2 rings (SSSR count). The molecular weight excluding hydrogens is 270 g/mol. The molecule has 0 atom stereocenters. The smallest absolute Gasteiger partial charge is 0.371 e. The Morgan fingerprint density at radius 3 is 2.68 bits per heavy atom. The number of para-hydroxylation sites is 1. The molecule has 1 aromatic carbocycles. The third kappa shape index (κ3) is 2.76. The first-order valence-electron chi connectivity index (χ1n) is 5.24. The first-order valence-corrected chi connectivity index (χ1v) is 6.05. The molecule has 0 aliphatic carbocycles. The number of furan rings is 1. The van der Waals surface area contributed by atoms with Gasteiger partial charge in [-0.15, -0.1) is 0 Å². The van der Waals surface area contributed by atoms with E-state index in [9.17, 15) is 14.9 Å². The zero-order chi connectivity index (χ0) is 14.0. The van der Waals surface area contributed by atoms with Gasteiger partial charge in [0.1, 0.15) is 0 Å². The van der Waals surface area contributed by atoms with E-state index < -0.39 is 10.9 Å². The molecule has 1 N–H and O–H groups in total. The van der Waals surface area contributed by atoms with Gasteiger partial charge in [0.15, 0.2) is 5.09 Å². The van der Waals surface area contributed by atoms with Crippen molar-refractivity contribution < 1.29 is 19.2 Å². The molecule has 19 heavy (non-hydrogen) atoms. The van der Waals surface area contributed by atoms with Gasteiger partial charge in [-0.25, -0.2) is 4.79 Å². The van der Waals surface area contributed by atoms with E-state index in [1.54, 1.807) is 25.1 Å². The Balaban J connectivity index is 2.35. The minimum Gasteiger partial charge on any atom is -0.475 e. The van der Waals surface area contributed by atoms with Crippen molar-refractivity contribution in [2.24, 2.45) is 0 Å². The van der Waals surface area contributed by atoms with Crippen molar-refractivity contribution in [1.29, 1.82) is 0 Å². The van der Waals surface area contributed by atoms with Crippen LogP contribution in [-0.2, 0) is 0 Å². The Morgan fingerprint density at radius 1 is 1.37 bits per heavy atom. The molecule has 0 aliphatic heterocycles. The van der Waals surface area contributed by atoms with Crippen LogP contribution in [0.2, 0.25) is 0 Å². The maximum atomic E-state index is 11.0. The zero-order valence-corrected chi connectivity index (χ0v) is 10.6. The fraction of sp³-hybridized carbons (Fsp3) is 0.0833. The van der Waals surface area contributed by atoms with Crippen LogP contribution in [0.1, 0.15) is 16.1 Å². The summed E-state index contributed by atoms with van der Waals surface area (Å²) in [6.45, 7) is 1.65. The van der Waals surface area contributed by atoms with Gasteiger partial charge in [0, 0.05) is 5.56 Å². The number of nitrogens with zero attached hydrogens (tertiary/aromatic N) is 1. The number of rotatable bonds is 4. The van der Waals surface area contributed by atoms with Crippen molar-refractivity contribution >= 4 is 23.4 Å². The number of benzene rings is 1. The van der Waals surface area contributed by atoms with E-state index in [-0.39, 0.29) is 11.4 Å². The first kappa shape index (κ1) is 13.2. The van der Waals surface area contributed by atoms with E-state index in [1.165, 1.54) is 12.1 Å². The van der Waals surface area contributed by atoms with Crippen molar-refractivity contribution in [3.63, 3.8) is 0 Å². The molecule has 98 valence electrons. The second kappa shape index (κ2) is 5.15. The number of hydrogen-bond donors (Lipinski definition) is 1. The van der Waals surface area contributed by atoms with Crippen LogP contribution in [-0.4, -0.2) is 16.0 Å². The fourth-order valence-corrected chi connectivity index (χ4v) is 2.51. The van der Waals surface area contributed by atoms with Crippen LogP contribution >= 0.6 is 11.8 Å². The molecule has 0 aliphatic rings. The number of carbonyl (C=O) groups is 1. The molecule has 1 aromatic heterocycles. The number of aryl methyl sites for hydroxylation is 1. The second-order valence-electron chi connectivity index (χ2n) is 3.70. The highest BCUT2D eigenvalue weighted by Gasteiger charge is 2.19. The van der Waals surface area contributed by atoms with E-state index in [0.29, 0.717) is 15.6 Å². The normalized spacial score (nSPS) is 10.4. The maximum absolute atomic E-state index is 11.0. The summed E-state index contributed by atoms with van der Waals surface area (Å²) < 4.78 is 5.06. The topological polar surface area (TPSA) is 93.6 Å². The number of aromatic carboxylic acids is 1. The highest BCUT2D eigenvalue weighted by molar-refractivity contribution is 7.99. The van der Waals surface area contributed by atoms with Gasteiger partial charge in [0.25, 0.3) is 5.69 Å². The maximum Gasteiger partial charge on any atom is 0.371 e. The van der Waals surface area contributed by atoms with E-state index >= 15 is 0 Å². The molecule has 6 nitrogen and oxygen atoms in total. The third-order valence-electron chi connectivity index (χ3n) is 2.39. The Morgan fingerprint density at radius 2 is 2.11 bits per heavy atom. The van der Waals surface area contributed by atoms with Gasteiger partial charge < -0.3 is 9.52 Å². The van der Waals surface area contributed by atoms with Crippen LogP contribution in [0.15, 0.2) is 44.7 Å². The van der Waals surface area contributed by atoms with E-state index in [2.05, 4.69) is 0 Å².